The highest BCUT2D eigenvalue weighted by molar-refractivity contribution is 5.97. The number of nitrogens with two attached hydrogens (primary N) is 1. The number of carbonyl (C=O) groups excluding carboxylic acids is 3. The van der Waals surface area contributed by atoms with Crippen molar-refractivity contribution < 1.29 is 39.0 Å². The van der Waals surface area contributed by atoms with Gasteiger partial charge in [-0.3, -0.25) is 9.69 Å². The minimum absolute atomic E-state index is 0.0662. The summed E-state index contributed by atoms with van der Waals surface area (Å²) in [5.41, 5.74) is 4.99. The number of likely N-dealkylation sites (tertiary alicyclic amines) is 1. The molecule has 3 unspecified atom stereocenters. The number of ketones is 1. The van der Waals surface area contributed by atoms with Crippen molar-refractivity contribution in [2.24, 2.45) is 16.8 Å². The average Bonchev–Trinajstić information content (AvgIpc) is 2.94. The number of amidine groups is 1. The first-order valence-electron chi connectivity index (χ1n) is 12.8. The van der Waals surface area contributed by atoms with Gasteiger partial charge in [0.05, 0.1) is 6.10 Å². The normalized spacial score (nSPS) is 23.4. The number of hydrogen-bond acceptors (Lipinski definition) is 9. The number of aldehydes is 1. The minimum Gasteiger partial charge on any atom is -0.465 e. The Labute approximate surface area is 221 Å². The number of benzene rings is 1. The number of amides is 1. The van der Waals surface area contributed by atoms with Crippen molar-refractivity contribution in [3.8, 4) is 0 Å². The number of hydrogen-bond donors (Lipinski definition) is 4. The van der Waals surface area contributed by atoms with E-state index < -0.39 is 41.8 Å². The molecule has 1 aromatic rings. The van der Waals surface area contributed by atoms with E-state index in [0.29, 0.717) is 30.3 Å². The largest absolute Gasteiger partial charge is 0.465 e. The summed E-state index contributed by atoms with van der Waals surface area (Å²) in [5, 5.41) is 25.3. The quantitative estimate of drug-likeness (QED) is 0.0814. The zero-order chi connectivity index (χ0) is 27.7. The molecular formula is C26H36N4O8. The highest BCUT2D eigenvalue weighted by Crippen LogP contribution is 2.44. The molecule has 38 heavy (non-hydrogen) atoms. The average molecular weight is 533 g/mol. The van der Waals surface area contributed by atoms with Gasteiger partial charge in [0, 0.05) is 30.4 Å². The molecule has 1 aromatic carbocycles. The van der Waals surface area contributed by atoms with Gasteiger partial charge < -0.3 is 35.6 Å². The lowest BCUT2D eigenvalue weighted by Crippen LogP contribution is -2.66. The second-order valence-corrected chi connectivity index (χ2v) is 9.75. The van der Waals surface area contributed by atoms with E-state index in [1.165, 1.54) is 0 Å². The summed E-state index contributed by atoms with van der Waals surface area (Å²) in [5.74, 6) is -2.78. The summed E-state index contributed by atoms with van der Waals surface area (Å²) < 4.78 is 11.2. The first-order valence-corrected chi connectivity index (χ1v) is 12.8. The van der Waals surface area contributed by atoms with Gasteiger partial charge in [0.2, 0.25) is 0 Å². The third-order valence-corrected chi connectivity index (χ3v) is 7.38. The Morgan fingerprint density at radius 3 is 2.53 bits per heavy atom. The van der Waals surface area contributed by atoms with Crippen molar-refractivity contribution in [2.45, 2.75) is 56.6 Å². The molecule has 2 aliphatic heterocycles. The number of rotatable bonds is 11. The zero-order valence-electron chi connectivity index (χ0n) is 21.5. The lowest BCUT2D eigenvalue weighted by atomic mass is 9.68. The van der Waals surface area contributed by atoms with Crippen LogP contribution in [0.15, 0.2) is 29.4 Å². The number of piperidine rings is 2. The number of ether oxygens (including phenoxy) is 2. The Morgan fingerprint density at radius 1 is 1.24 bits per heavy atom. The van der Waals surface area contributed by atoms with Crippen molar-refractivity contribution in [1.82, 2.24) is 10.2 Å². The fourth-order valence-corrected chi connectivity index (χ4v) is 5.35. The van der Waals surface area contributed by atoms with Crippen LogP contribution in [0.5, 0.6) is 0 Å². The summed E-state index contributed by atoms with van der Waals surface area (Å²) in [7, 11) is 0. The minimum atomic E-state index is -1.75. The SMILES string of the molecule is CC(CC=O)C(=O)C1(COC(=O)COC2CCNCC2)C(c2ccc(C(N)=NO)cc2)CCCN1C(=O)O. The highest BCUT2D eigenvalue weighted by Gasteiger charge is 2.56. The second kappa shape index (κ2) is 13.3. The van der Waals surface area contributed by atoms with Crippen LogP contribution >= 0.6 is 0 Å². The van der Waals surface area contributed by atoms with Crippen molar-refractivity contribution >= 4 is 30.0 Å². The number of carbonyl (C=O) groups is 4. The third-order valence-electron chi connectivity index (χ3n) is 7.38. The van der Waals surface area contributed by atoms with Crippen molar-refractivity contribution in [2.75, 3.05) is 32.8 Å². The predicted octanol–water partition coefficient (Wildman–Crippen LogP) is 1.48. The van der Waals surface area contributed by atoms with E-state index in [-0.39, 0.29) is 31.5 Å². The maximum Gasteiger partial charge on any atom is 0.408 e. The fourth-order valence-electron chi connectivity index (χ4n) is 5.35. The topological polar surface area (TPSA) is 181 Å². The number of carboxylic acid groups (broad SMARTS) is 1. The summed E-state index contributed by atoms with van der Waals surface area (Å²) in [4.78, 5) is 51.5. The molecule has 3 atom stereocenters. The van der Waals surface area contributed by atoms with E-state index in [4.69, 9.17) is 20.4 Å². The van der Waals surface area contributed by atoms with E-state index in [0.717, 1.165) is 30.8 Å². The number of oxime groups is 1. The molecule has 12 heteroatoms. The van der Waals surface area contributed by atoms with E-state index in [2.05, 4.69) is 10.5 Å². The van der Waals surface area contributed by atoms with E-state index in [9.17, 15) is 24.3 Å². The standard InChI is InChI=1S/C26H36N4O8/c1-17(10-14-31)23(33)26(16-38-22(32)15-37-20-8-11-28-12-9-20)21(3-2-13-30(26)25(34)35)18-4-6-19(7-5-18)24(27)29-36/h4-7,14,17,20-21,28,36H,2-3,8-13,15-16H2,1H3,(H2,27,29)(H,34,35). The van der Waals surface area contributed by atoms with Gasteiger partial charge in [-0.1, -0.05) is 36.3 Å². The smallest absolute Gasteiger partial charge is 0.408 e. The lowest BCUT2D eigenvalue weighted by molar-refractivity contribution is -0.161. The highest BCUT2D eigenvalue weighted by atomic mass is 16.6. The van der Waals surface area contributed by atoms with Crippen LogP contribution in [0.2, 0.25) is 0 Å². The van der Waals surface area contributed by atoms with E-state index in [1.54, 1.807) is 31.2 Å². The molecule has 0 saturated carbocycles. The molecular weight excluding hydrogens is 496 g/mol. The molecule has 0 aliphatic carbocycles. The summed E-state index contributed by atoms with van der Waals surface area (Å²) in [6.45, 7) is 2.38. The Kier molecular flexibility index (Phi) is 10.2. The molecule has 1 amide bonds. The second-order valence-electron chi connectivity index (χ2n) is 9.75. The lowest BCUT2D eigenvalue weighted by Gasteiger charge is -2.50. The molecule has 3 rings (SSSR count). The van der Waals surface area contributed by atoms with Gasteiger partial charge in [-0.25, -0.2) is 9.59 Å². The molecule has 2 fully saturated rings. The molecule has 2 aliphatic rings. The van der Waals surface area contributed by atoms with Crippen LogP contribution in [0.4, 0.5) is 4.79 Å². The van der Waals surface area contributed by atoms with E-state index in [1.807, 2.05) is 0 Å². The van der Waals surface area contributed by atoms with Crippen LogP contribution in [-0.4, -0.2) is 89.7 Å². The van der Waals surface area contributed by atoms with Crippen LogP contribution in [-0.2, 0) is 23.9 Å². The van der Waals surface area contributed by atoms with Crippen LogP contribution in [0.3, 0.4) is 0 Å². The van der Waals surface area contributed by atoms with Gasteiger partial charge in [-0.15, -0.1) is 0 Å². The Hall–Kier alpha value is -3.51. The molecule has 0 aromatic heterocycles. The van der Waals surface area contributed by atoms with Crippen molar-refractivity contribution in [1.29, 1.82) is 0 Å². The maximum absolute atomic E-state index is 14.0. The zero-order valence-corrected chi connectivity index (χ0v) is 21.5. The monoisotopic (exact) mass is 532 g/mol. The third kappa shape index (κ3) is 6.48. The van der Waals surface area contributed by atoms with Gasteiger partial charge in [0.25, 0.3) is 0 Å². The van der Waals surface area contributed by atoms with Crippen LogP contribution < -0.4 is 11.1 Å². The molecule has 208 valence electrons. The van der Waals surface area contributed by atoms with Gasteiger partial charge in [-0.05, 0) is 44.3 Å². The van der Waals surface area contributed by atoms with Gasteiger partial charge in [-0.2, -0.15) is 0 Å². The first kappa shape index (κ1) is 29.1. The number of Topliss-reactive ketones (excluding diaryl/α,β-unsaturated/α-hetero) is 1. The first-order chi connectivity index (χ1) is 18.2. The fraction of sp³-hybridized carbons (Fsp3) is 0.577. The molecule has 0 bridgehead atoms. The van der Waals surface area contributed by atoms with Crippen molar-refractivity contribution in [3.05, 3.63) is 35.4 Å². The Balaban J connectivity index is 1.95. The summed E-state index contributed by atoms with van der Waals surface area (Å²) in [6, 6.07) is 6.57. The summed E-state index contributed by atoms with van der Waals surface area (Å²) >= 11 is 0. The van der Waals surface area contributed by atoms with Gasteiger partial charge >= 0.3 is 12.1 Å². The van der Waals surface area contributed by atoms with Crippen molar-refractivity contribution in [3.63, 3.8) is 0 Å². The van der Waals surface area contributed by atoms with Crippen LogP contribution in [0.25, 0.3) is 0 Å². The Morgan fingerprint density at radius 2 is 1.92 bits per heavy atom. The molecule has 0 spiro atoms. The number of nitrogens with zero attached hydrogens (tertiary/aromatic N) is 2. The molecule has 0 radical (unpaired) electrons. The van der Waals surface area contributed by atoms with E-state index >= 15 is 0 Å². The molecule has 12 nitrogen and oxygen atoms in total. The van der Waals surface area contributed by atoms with Crippen LogP contribution in [0, 0.1) is 5.92 Å². The van der Waals surface area contributed by atoms with Crippen LogP contribution in [0.1, 0.15) is 56.1 Å². The number of nitrogens with one attached hydrogen (secondary N) is 1. The molecule has 2 heterocycles. The van der Waals surface area contributed by atoms with Gasteiger partial charge in [0.1, 0.15) is 25.0 Å². The molecule has 2 saturated heterocycles. The predicted molar refractivity (Wildman–Crippen MR) is 136 cm³/mol. The maximum atomic E-state index is 14.0. The van der Waals surface area contributed by atoms with Gasteiger partial charge in [0.15, 0.2) is 11.6 Å². The number of esters is 1. The Bertz CT molecular complexity index is 1020. The molecule has 5 N–H and O–H groups in total. The summed E-state index contributed by atoms with van der Waals surface area (Å²) in [6.07, 6.45) is 1.54.